The Hall–Kier alpha value is -9.72. The van der Waals surface area contributed by atoms with Crippen molar-refractivity contribution < 1.29 is 32.6 Å². The van der Waals surface area contributed by atoms with Gasteiger partial charge in [0.25, 0.3) is 17.7 Å². The van der Waals surface area contributed by atoms with Crippen LogP contribution >= 0.6 is 0 Å². The molecular formula is C57H50F2N12O5. The van der Waals surface area contributed by atoms with Gasteiger partial charge in [-0.15, -0.1) is 0 Å². The maximum atomic E-state index is 13.9. The number of piperidine rings is 2. The summed E-state index contributed by atoms with van der Waals surface area (Å²) in [6.45, 7) is 4.59. The van der Waals surface area contributed by atoms with Gasteiger partial charge < -0.3 is 41.2 Å². The fourth-order valence-electron chi connectivity index (χ4n) is 8.85. The number of nitriles is 2. The molecule has 0 bridgehead atoms. The minimum atomic E-state index is -2.80. The molecular weight excluding hydrogens is 971 g/mol. The van der Waals surface area contributed by atoms with Crippen LogP contribution < -0.4 is 36.3 Å². The van der Waals surface area contributed by atoms with E-state index in [0.717, 1.165) is 16.7 Å². The summed E-state index contributed by atoms with van der Waals surface area (Å²) in [5.74, 6) is 0.203. The molecule has 7 aromatic rings. The van der Waals surface area contributed by atoms with Crippen molar-refractivity contribution in [2.45, 2.75) is 37.6 Å². The summed E-state index contributed by atoms with van der Waals surface area (Å²) in [5, 5.41) is 25.0. The Morgan fingerprint density at radius 1 is 0.711 bits per heavy atom. The van der Waals surface area contributed by atoms with Crippen LogP contribution in [0.5, 0.6) is 34.6 Å². The molecule has 0 radical (unpaired) electrons. The van der Waals surface area contributed by atoms with Gasteiger partial charge in [0.15, 0.2) is 0 Å². The fraction of sp³-hybridized carbons (Fsp3) is 0.193. The normalized spacial score (nSPS) is 14.6. The topological polar surface area (TPSA) is 244 Å². The largest absolute Gasteiger partial charge is 0.457 e. The standard InChI is InChI=1S/C57H50F2N12O5/c1-36(31-60)56(73)71-27-22-42(23-28-71)68-53-49(51(62)64-34-66-53)38-11-15-45(16-12-38)75-48-8-3-5-39(30-48)37-9-13-44(14-10-37)74-46-17-19-47(20-18-46)76-55-50(52(63)65-35-67-55)40-6-2-7-43(29-40)69-54(72)41(32-61)21-26-70-25-4-24-57(58,59)33-70/h2-3,5-21,29-30,34-35,42H,1,4,22-28,33H2,(H,69,72)(H2,63,65,67)(H3,62,64,66,68)/b41-21+. The monoisotopic (exact) mass is 1020 g/mol. The van der Waals surface area contributed by atoms with Crippen molar-refractivity contribution in [1.29, 1.82) is 10.5 Å². The number of carbonyl (C=O) groups is 2. The zero-order valence-corrected chi connectivity index (χ0v) is 41.0. The van der Waals surface area contributed by atoms with Gasteiger partial charge in [0.2, 0.25) is 5.88 Å². The van der Waals surface area contributed by atoms with E-state index in [1.807, 2.05) is 84.9 Å². The predicted octanol–water partition coefficient (Wildman–Crippen LogP) is 10.4. The molecule has 2 fully saturated rings. The van der Waals surface area contributed by atoms with Crippen molar-refractivity contribution >= 4 is 35.0 Å². The minimum Gasteiger partial charge on any atom is -0.457 e. The van der Waals surface area contributed by atoms with Crippen LogP contribution in [0.15, 0.2) is 158 Å². The Labute approximate surface area is 436 Å². The van der Waals surface area contributed by atoms with Gasteiger partial charge in [-0.25, -0.2) is 28.7 Å². The summed E-state index contributed by atoms with van der Waals surface area (Å²) in [4.78, 5) is 45.9. The zero-order valence-electron chi connectivity index (χ0n) is 41.0. The van der Waals surface area contributed by atoms with Crippen LogP contribution in [0.25, 0.3) is 33.4 Å². The van der Waals surface area contributed by atoms with E-state index in [9.17, 15) is 23.6 Å². The molecule has 5 aromatic carbocycles. The van der Waals surface area contributed by atoms with Gasteiger partial charge in [0, 0.05) is 37.8 Å². The molecule has 17 nitrogen and oxygen atoms in total. The van der Waals surface area contributed by atoms with E-state index in [2.05, 4.69) is 37.1 Å². The van der Waals surface area contributed by atoms with E-state index in [0.29, 0.717) is 102 Å². The molecule has 0 spiro atoms. The third-order valence-corrected chi connectivity index (χ3v) is 12.7. The number of nitrogen functional groups attached to an aromatic ring is 2. The molecule has 0 saturated carbocycles. The van der Waals surface area contributed by atoms with Crippen molar-refractivity contribution in [3.8, 4) is 80.1 Å². The van der Waals surface area contributed by atoms with Crippen LogP contribution in [0.4, 0.5) is 31.9 Å². The first-order valence-electron chi connectivity index (χ1n) is 24.2. The van der Waals surface area contributed by atoms with Crippen LogP contribution in [0.2, 0.25) is 0 Å². The molecule has 2 aliphatic rings. The van der Waals surface area contributed by atoms with E-state index in [-0.39, 0.29) is 47.8 Å². The van der Waals surface area contributed by atoms with Gasteiger partial charge in [0.05, 0.1) is 17.7 Å². The number of amides is 2. The first-order chi connectivity index (χ1) is 36.8. The second kappa shape index (κ2) is 23.0. The Bertz CT molecular complexity index is 3390. The lowest BCUT2D eigenvalue weighted by atomic mass is 10.0. The number of hydrogen-bond acceptors (Lipinski definition) is 15. The molecule has 0 aliphatic carbocycles. The number of likely N-dealkylation sites (tertiary alicyclic amines) is 2. The number of ether oxygens (including phenoxy) is 3. The molecule has 2 saturated heterocycles. The first kappa shape index (κ1) is 51.2. The van der Waals surface area contributed by atoms with Gasteiger partial charge in [-0.05, 0) is 127 Å². The lowest BCUT2D eigenvalue weighted by molar-refractivity contribution is -0.127. The number of benzene rings is 5. The van der Waals surface area contributed by atoms with Crippen molar-refractivity contribution in [2.24, 2.45) is 0 Å². The van der Waals surface area contributed by atoms with Crippen molar-refractivity contribution in [3.05, 3.63) is 158 Å². The van der Waals surface area contributed by atoms with Gasteiger partial charge in [-0.1, -0.05) is 55.1 Å². The molecule has 76 heavy (non-hydrogen) atoms. The second-order valence-electron chi connectivity index (χ2n) is 18.0. The summed E-state index contributed by atoms with van der Waals surface area (Å²) in [5.41, 5.74) is 17.0. The number of anilines is 4. The smallest absolute Gasteiger partial charge is 0.266 e. The highest BCUT2D eigenvalue weighted by Gasteiger charge is 2.35. The number of rotatable bonds is 16. The lowest BCUT2D eigenvalue weighted by Crippen LogP contribution is -2.42. The quantitative estimate of drug-likeness (QED) is 0.0520. The summed E-state index contributed by atoms with van der Waals surface area (Å²) in [6, 6.07) is 40.3. The number of hydrogen-bond donors (Lipinski definition) is 4. The van der Waals surface area contributed by atoms with Crippen LogP contribution in [0.3, 0.4) is 0 Å². The second-order valence-corrected chi connectivity index (χ2v) is 18.0. The maximum Gasteiger partial charge on any atom is 0.266 e. The summed E-state index contributed by atoms with van der Waals surface area (Å²) < 4.78 is 46.4. The van der Waals surface area contributed by atoms with Crippen LogP contribution in [-0.2, 0) is 9.59 Å². The molecule has 6 N–H and O–H groups in total. The highest BCUT2D eigenvalue weighted by atomic mass is 19.3. The summed E-state index contributed by atoms with van der Waals surface area (Å²) in [7, 11) is 0. The average Bonchev–Trinajstić information content (AvgIpc) is 3.42. The predicted molar refractivity (Wildman–Crippen MR) is 283 cm³/mol. The maximum absolute atomic E-state index is 13.9. The first-order valence-corrected chi connectivity index (χ1v) is 24.2. The van der Waals surface area contributed by atoms with Gasteiger partial charge >= 0.3 is 0 Å². The number of nitrogens with one attached hydrogen (secondary N) is 2. The van der Waals surface area contributed by atoms with Crippen molar-refractivity contribution in [2.75, 3.05) is 54.8 Å². The van der Waals surface area contributed by atoms with E-state index < -0.39 is 18.4 Å². The molecule has 4 heterocycles. The van der Waals surface area contributed by atoms with E-state index in [4.69, 9.17) is 30.9 Å². The van der Waals surface area contributed by atoms with Crippen LogP contribution in [0.1, 0.15) is 25.7 Å². The average molecular weight is 1020 g/mol. The Kier molecular flexibility index (Phi) is 15.5. The molecule has 2 aliphatic heterocycles. The molecule has 382 valence electrons. The molecule has 0 unspecified atom stereocenters. The number of nitrogens with zero attached hydrogens (tertiary/aromatic N) is 8. The van der Waals surface area contributed by atoms with Gasteiger partial charge in [-0.3, -0.25) is 14.5 Å². The van der Waals surface area contributed by atoms with Crippen LogP contribution in [0, 0.1) is 22.7 Å². The van der Waals surface area contributed by atoms with E-state index in [1.165, 1.54) is 23.6 Å². The number of alkyl halides is 2. The van der Waals surface area contributed by atoms with Crippen molar-refractivity contribution in [3.63, 3.8) is 0 Å². The molecule has 9 rings (SSSR count). The Morgan fingerprint density at radius 3 is 1.99 bits per heavy atom. The number of carbonyl (C=O) groups excluding carboxylic acids is 2. The highest BCUT2D eigenvalue weighted by molar-refractivity contribution is 6.07. The zero-order chi connectivity index (χ0) is 53.2. The summed E-state index contributed by atoms with van der Waals surface area (Å²) in [6.07, 6.45) is 5.52. The van der Waals surface area contributed by atoms with Gasteiger partial charge in [0.1, 0.15) is 82.1 Å². The SMILES string of the molecule is C=C(C#N)C(=O)N1CCC(Nc2ncnc(N)c2-c2ccc(Oc3cccc(-c4ccc(Oc5ccc(Oc6ncnc(N)c6-c6cccc(NC(=O)/C(C#N)=C/CN7CCCC(F)(F)C7)c6)cc5)cc4)c3)cc2)CC1. The fourth-order valence-corrected chi connectivity index (χ4v) is 8.85. The molecule has 2 amide bonds. The minimum absolute atomic E-state index is 0.0315. The highest BCUT2D eigenvalue weighted by Crippen LogP contribution is 2.38. The Morgan fingerprint density at radius 2 is 1.32 bits per heavy atom. The summed E-state index contributed by atoms with van der Waals surface area (Å²) >= 11 is 0. The molecule has 0 atom stereocenters. The molecule has 19 heteroatoms. The van der Waals surface area contributed by atoms with Crippen LogP contribution in [-0.4, -0.2) is 86.2 Å². The van der Waals surface area contributed by atoms with Gasteiger partial charge in [-0.2, -0.15) is 10.5 Å². The third-order valence-electron chi connectivity index (χ3n) is 12.7. The number of halogens is 2. The molecule has 2 aromatic heterocycles. The number of nitrogens with two attached hydrogens (primary N) is 2. The van der Waals surface area contributed by atoms with E-state index >= 15 is 0 Å². The number of aromatic nitrogens is 4. The van der Waals surface area contributed by atoms with E-state index in [1.54, 1.807) is 53.4 Å². The lowest BCUT2D eigenvalue weighted by Gasteiger charge is -2.32. The Balaban J connectivity index is 0.794. The van der Waals surface area contributed by atoms with Crippen molar-refractivity contribution in [1.82, 2.24) is 29.7 Å². The third kappa shape index (κ3) is 12.5.